The van der Waals surface area contributed by atoms with Crippen molar-refractivity contribution in [2.75, 3.05) is 27.8 Å². The minimum Gasteiger partial charge on any atom is -0.493 e. The SMILES string of the molecule is C=CCc1cc(/C=C(/C#N)C(=O)N(C)C)cc(OC)c1OCC(=O)O. The van der Waals surface area contributed by atoms with E-state index in [9.17, 15) is 14.9 Å². The second-order valence-corrected chi connectivity index (χ2v) is 5.26. The summed E-state index contributed by atoms with van der Waals surface area (Å²) < 4.78 is 10.6. The Morgan fingerprint density at radius 2 is 2.08 bits per heavy atom. The summed E-state index contributed by atoms with van der Waals surface area (Å²) in [5.41, 5.74) is 1.16. The average Bonchev–Trinajstić information content (AvgIpc) is 2.57. The van der Waals surface area contributed by atoms with Gasteiger partial charge in [0.05, 0.1) is 7.11 Å². The highest BCUT2D eigenvalue weighted by Gasteiger charge is 2.16. The maximum Gasteiger partial charge on any atom is 0.341 e. The van der Waals surface area contributed by atoms with E-state index in [1.54, 1.807) is 32.3 Å². The topological polar surface area (TPSA) is 99.9 Å². The molecule has 0 fully saturated rings. The third-order valence-corrected chi connectivity index (χ3v) is 3.15. The summed E-state index contributed by atoms with van der Waals surface area (Å²) in [5, 5.41) is 18.0. The molecule has 0 aliphatic rings. The van der Waals surface area contributed by atoms with Crippen LogP contribution in [0.1, 0.15) is 11.1 Å². The van der Waals surface area contributed by atoms with Crippen LogP contribution in [-0.4, -0.2) is 49.7 Å². The Balaban J connectivity index is 3.41. The molecular weight excluding hydrogens is 324 g/mol. The number of allylic oxidation sites excluding steroid dienone is 1. The lowest BCUT2D eigenvalue weighted by Crippen LogP contribution is -2.22. The van der Waals surface area contributed by atoms with E-state index in [0.29, 0.717) is 29.0 Å². The summed E-state index contributed by atoms with van der Waals surface area (Å²) in [6.07, 6.45) is 3.47. The molecular formula is C18H20N2O5. The summed E-state index contributed by atoms with van der Waals surface area (Å²) in [7, 11) is 4.53. The normalized spacial score (nSPS) is 10.6. The number of carboxylic acid groups (broad SMARTS) is 1. The van der Waals surface area contributed by atoms with Crippen molar-refractivity contribution in [3.8, 4) is 17.6 Å². The van der Waals surface area contributed by atoms with Crippen molar-refractivity contribution in [1.29, 1.82) is 5.26 Å². The Bertz CT molecular complexity index is 745. The maximum atomic E-state index is 12.0. The third-order valence-electron chi connectivity index (χ3n) is 3.15. The molecule has 0 aliphatic carbocycles. The minimum absolute atomic E-state index is 0.0317. The molecule has 0 bridgehead atoms. The zero-order valence-electron chi connectivity index (χ0n) is 14.4. The molecule has 0 unspecified atom stereocenters. The second kappa shape index (κ2) is 9.13. The van der Waals surface area contributed by atoms with Gasteiger partial charge in [0.2, 0.25) is 0 Å². The fourth-order valence-electron chi connectivity index (χ4n) is 2.07. The quantitative estimate of drug-likeness (QED) is 0.439. The molecule has 1 rings (SSSR count). The van der Waals surface area contributed by atoms with Gasteiger partial charge in [0, 0.05) is 19.7 Å². The lowest BCUT2D eigenvalue weighted by atomic mass is 10.0. The number of likely N-dealkylation sites (N-methyl/N-ethyl adjacent to an activating group) is 1. The Hall–Kier alpha value is -3.27. The largest absolute Gasteiger partial charge is 0.493 e. The Morgan fingerprint density at radius 1 is 1.40 bits per heavy atom. The molecule has 0 aromatic heterocycles. The van der Waals surface area contributed by atoms with Crippen LogP contribution in [0.3, 0.4) is 0 Å². The zero-order valence-corrected chi connectivity index (χ0v) is 14.4. The molecule has 0 saturated carbocycles. The summed E-state index contributed by atoms with van der Waals surface area (Å²) in [4.78, 5) is 24.1. The van der Waals surface area contributed by atoms with Gasteiger partial charge in [-0.05, 0) is 30.2 Å². The minimum atomic E-state index is -1.11. The first-order valence-corrected chi connectivity index (χ1v) is 7.33. The van der Waals surface area contributed by atoms with Gasteiger partial charge in [0.15, 0.2) is 18.1 Å². The van der Waals surface area contributed by atoms with Gasteiger partial charge in [-0.15, -0.1) is 6.58 Å². The van der Waals surface area contributed by atoms with Gasteiger partial charge < -0.3 is 19.5 Å². The van der Waals surface area contributed by atoms with Crippen molar-refractivity contribution in [1.82, 2.24) is 4.90 Å². The standard InChI is InChI=1S/C18H20N2O5/c1-5-6-13-7-12(8-14(10-19)18(23)20(2)3)9-15(24-4)17(13)25-11-16(21)22/h5,7-9H,1,6,11H2,2-4H3,(H,21,22)/b14-8-. The Kier molecular flexibility index (Phi) is 7.22. The predicted octanol–water partition coefficient (Wildman–Crippen LogP) is 1.88. The third kappa shape index (κ3) is 5.39. The number of nitriles is 1. The van der Waals surface area contributed by atoms with Crippen molar-refractivity contribution in [3.63, 3.8) is 0 Å². The molecule has 0 spiro atoms. The number of amides is 1. The highest BCUT2D eigenvalue weighted by Crippen LogP contribution is 2.34. The molecule has 1 N–H and O–H groups in total. The molecule has 0 heterocycles. The van der Waals surface area contributed by atoms with Crippen LogP contribution in [-0.2, 0) is 16.0 Å². The van der Waals surface area contributed by atoms with E-state index in [1.807, 2.05) is 6.07 Å². The van der Waals surface area contributed by atoms with Crippen LogP contribution in [0.2, 0.25) is 0 Å². The summed E-state index contributed by atoms with van der Waals surface area (Å²) in [6.45, 7) is 3.15. The van der Waals surface area contributed by atoms with E-state index in [1.165, 1.54) is 18.1 Å². The molecule has 25 heavy (non-hydrogen) atoms. The number of nitrogens with zero attached hydrogens (tertiary/aromatic N) is 2. The molecule has 1 aromatic carbocycles. The monoisotopic (exact) mass is 344 g/mol. The Morgan fingerprint density at radius 3 is 2.56 bits per heavy atom. The second-order valence-electron chi connectivity index (χ2n) is 5.26. The van der Waals surface area contributed by atoms with Crippen molar-refractivity contribution >= 4 is 18.0 Å². The van der Waals surface area contributed by atoms with Crippen LogP contribution >= 0.6 is 0 Å². The number of carbonyl (C=O) groups is 2. The van der Waals surface area contributed by atoms with Gasteiger partial charge >= 0.3 is 5.97 Å². The van der Waals surface area contributed by atoms with Crippen molar-refractivity contribution in [2.24, 2.45) is 0 Å². The molecule has 0 radical (unpaired) electrons. The number of carbonyl (C=O) groups excluding carboxylic acids is 1. The fourth-order valence-corrected chi connectivity index (χ4v) is 2.07. The van der Waals surface area contributed by atoms with Gasteiger partial charge in [0.1, 0.15) is 11.6 Å². The summed E-state index contributed by atoms with van der Waals surface area (Å²) >= 11 is 0. The molecule has 132 valence electrons. The van der Waals surface area contributed by atoms with Crippen molar-refractivity contribution in [2.45, 2.75) is 6.42 Å². The summed E-state index contributed by atoms with van der Waals surface area (Å²) in [5.74, 6) is -0.933. The molecule has 0 aliphatic heterocycles. The first-order valence-electron chi connectivity index (χ1n) is 7.33. The first kappa shape index (κ1) is 19.8. The van der Waals surface area contributed by atoms with E-state index < -0.39 is 18.5 Å². The van der Waals surface area contributed by atoms with Gasteiger partial charge in [-0.3, -0.25) is 4.79 Å². The van der Waals surface area contributed by atoms with Crippen LogP contribution < -0.4 is 9.47 Å². The zero-order chi connectivity index (χ0) is 19.0. The van der Waals surface area contributed by atoms with Crippen molar-refractivity contribution < 1.29 is 24.2 Å². The van der Waals surface area contributed by atoms with Gasteiger partial charge in [-0.2, -0.15) is 5.26 Å². The van der Waals surface area contributed by atoms with Crippen LogP contribution in [0.5, 0.6) is 11.5 Å². The highest BCUT2D eigenvalue weighted by molar-refractivity contribution is 6.01. The number of carboxylic acids is 1. The lowest BCUT2D eigenvalue weighted by Gasteiger charge is -2.15. The fraction of sp³-hybridized carbons (Fsp3) is 0.278. The molecule has 1 aromatic rings. The van der Waals surface area contributed by atoms with E-state index in [4.69, 9.17) is 14.6 Å². The van der Waals surface area contributed by atoms with E-state index in [-0.39, 0.29) is 5.57 Å². The smallest absolute Gasteiger partial charge is 0.341 e. The molecule has 0 atom stereocenters. The molecule has 1 amide bonds. The van der Waals surface area contributed by atoms with E-state index >= 15 is 0 Å². The number of methoxy groups -OCH3 is 1. The highest BCUT2D eigenvalue weighted by atomic mass is 16.5. The van der Waals surface area contributed by atoms with E-state index in [0.717, 1.165) is 0 Å². The van der Waals surface area contributed by atoms with Crippen LogP contribution in [0.15, 0.2) is 30.4 Å². The van der Waals surface area contributed by atoms with Crippen LogP contribution in [0.25, 0.3) is 6.08 Å². The van der Waals surface area contributed by atoms with Crippen LogP contribution in [0, 0.1) is 11.3 Å². The van der Waals surface area contributed by atoms with Gasteiger partial charge in [0.25, 0.3) is 5.91 Å². The number of hydrogen-bond donors (Lipinski definition) is 1. The number of aliphatic carboxylic acids is 1. The average molecular weight is 344 g/mol. The first-order chi connectivity index (χ1) is 11.8. The number of rotatable bonds is 8. The van der Waals surface area contributed by atoms with Crippen molar-refractivity contribution in [3.05, 3.63) is 41.5 Å². The maximum absolute atomic E-state index is 12.0. The number of ether oxygens (including phenoxy) is 2. The molecule has 7 nitrogen and oxygen atoms in total. The molecule has 7 heteroatoms. The predicted molar refractivity (Wildman–Crippen MR) is 92.3 cm³/mol. The number of hydrogen-bond acceptors (Lipinski definition) is 5. The summed E-state index contributed by atoms with van der Waals surface area (Å²) in [6, 6.07) is 5.14. The van der Waals surface area contributed by atoms with Gasteiger partial charge in [-0.1, -0.05) is 6.08 Å². The number of benzene rings is 1. The molecule has 0 saturated heterocycles. The Labute approximate surface area is 146 Å². The van der Waals surface area contributed by atoms with E-state index in [2.05, 4.69) is 6.58 Å². The van der Waals surface area contributed by atoms with Gasteiger partial charge in [-0.25, -0.2) is 4.79 Å². The lowest BCUT2D eigenvalue weighted by molar-refractivity contribution is -0.139. The van der Waals surface area contributed by atoms with Crippen LogP contribution in [0.4, 0.5) is 0 Å².